The second kappa shape index (κ2) is 8.65. The highest BCUT2D eigenvalue weighted by molar-refractivity contribution is 6.00. The number of nitrogens with zero attached hydrogens (tertiary/aromatic N) is 3. The normalized spacial score (nSPS) is 23.7. The van der Waals surface area contributed by atoms with E-state index in [1.807, 2.05) is 42.5 Å². The predicted molar refractivity (Wildman–Crippen MR) is 120 cm³/mol. The van der Waals surface area contributed by atoms with Crippen molar-refractivity contribution < 1.29 is 18.7 Å². The summed E-state index contributed by atoms with van der Waals surface area (Å²) in [6.45, 7) is 0. The van der Waals surface area contributed by atoms with E-state index in [9.17, 15) is 9.59 Å². The molecule has 9 heteroatoms. The van der Waals surface area contributed by atoms with E-state index in [-0.39, 0.29) is 29.2 Å². The zero-order chi connectivity index (χ0) is 22.8. The first-order valence-electron chi connectivity index (χ1n) is 11.1. The van der Waals surface area contributed by atoms with E-state index >= 15 is 0 Å². The van der Waals surface area contributed by atoms with Crippen molar-refractivity contribution in [3.63, 3.8) is 0 Å². The Morgan fingerprint density at radius 3 is 2.55 bits per heavy atom. The van der Waals surface area contributed by atoms with Gasteiger partial charge in [0.2, 0.25) is 0 Å². The number of pyridine rings is 1. The molecule has 2 aliphatic carbocycles. The number of benzene rings is 1. The number of methoxy groups -OCH3 is 1. The lowest BCUT2D eigenvalue weighted by molar-refractivity contribution is -0.143. The summed E-state index contributed by atoms with van der Waals surface area (Å²) >= 11 is 0. The van der Waals surface area contributed by atoms with E-state index in [1.54, 1.807) is 6.20 Å². The molecule has 170 valence electrons. The lowest BCUT2D eigenvalue weighted by atomic mass is 9.77. The molecule has 0 bridgehead atoms. The van der Waals surface area contributed by atoms with Crippen LogP contribution in [0.4, 0.5) is 17.4 Å². The van der Waals surface area contributed by atoms with Gasteiger partial charge in [-0.3, -0.25) is 14.6 Å². The third-order valence-corrected chi connectivity index (χ3v) is 6.76. The molecule has 1 spiro atoms. The molecule has 2 aromatic heterocycles. The molecule has 1 atom stereocenters. The molecule has 33 heavy (non-hydrogen) atoms. The second-order valence-corrected chi connectivity index (χ2v) is 8.75. The minimum absolute atomic E-state index is 0.0714. The molecule has 2 saturated carbocycles. The van der Waals surface area contributed by atoms with Crippen LogP contribution in [0.1, 0.15) is 54.4 Å². The van der Waals surface area contributed by atoms with Crippen molar-refractivity contribution in [3.05, 3.63) is 60.2 Å². The average Bonchev–Trinajstić information content (AvgIpc) is 3.33. The van der Waals surface area contributed by atoms with Crippen molar-refractivity contribution in [2.75, 3.05) is 17.7 Å². The molecule has 2 heterocycles. The first-order valence-corrected chi connectivity index (χ1v) is 11.1. The molecule has 5 rings (SSSR count). The summed E-state index contributed by atoms with van der Waals surface area (Å²) in [6, 6.07) is 13.3. The van der Waals surface area contributed by atoms with Crippen molar-refractivity contribution in [1.29, 1.82) is 0 Å². The molecule has 1 aromatic carbocycles. The SMILES string of the molecule is COC(=O)C1CC12CCC(c1ccc(NC(=O)c3nnc(Nc4ccccc4)o3)cn1)CC2. The number of esters is 1. The van der Waals surface area contributed by atoms with Crippen molar-refractivity contribution in [2.24, 2.45) is 11.3 Å². The topological polar surface area (TPSA) is 119 Å². The zero-order valence-electron chi connectivity index (χ0n) is 18.3. The summed E-state index contributed by atoms with van der Waals surface area (Å²) in [5, 5.41) is 13.3. The van der Waals surface area contributed by atoms with Crippen molar-refractivity contribution >= 4 is 29.3 Å². The van der Waals surface area contributed by atoms with Crippen LogP contribution >= 0.6 is 0 Å². The number of carbonyl (C=O) groups excluding carboxylic acids is 2. The Bertz CT molecular complexity index is 1140. The fraction of sp³-hybridized carbons (Fsp3) is 0.375. The highest BCUT2D eigenvalue weighted by atomic mass is 16.5. The molecule has 1 amide bonds. The first kappa shape index (κ1) is 21.1. The lowest BCUT2D eigenvalue weighted by Crippen LogP contribution is -2.20. The number of ether oxygens (including phenoxy) is 1. The molecular formula is C24H25N5O4. The minimum atomic E-state index is -0.500. The largest absolute Gasteiger partial charge is 0.469 e. The smallest absolute Gasteiger partial charge is 0.320 e. The van der Waals surface area contributed by atoms with E-state index in [1.165, 1.54) is 7.11 Å². The van der Waals surface area contributed by atoms with Gasteiger partial charge in [-0.25, -0.2) is 0 Å². The Hall–Kier alpha value is -3.75. The van der Waals surface area contributed by atoms with E-state index in [2.05, 4.69) is 25.8 Å². The summed E-state index contributed by atoms with van der Waals surface area (Å²) in [5.74, 6) is -0.278. The van der Waals surface area contributed by atoms with Gasteiger partial charge in [0.05, 0.1) is 24.9 Å². The number of rotatable bonds is 6. The van der Waals surface area contributed by atoms with Crippen molar-refractivity contribution in [3.8, 4) is 0 Å². The van der Waals surface area contributed by atoms with Crippen LogP contribution in [-0.4, -0.2) is 34.2 Å². The van der Waals surface area contributed by atoms with Gasteiger partial charge >= 0.3 is 23.8 Å². The van der Waals surface area contributed by atoms with E-state index < -0.39 is 5.91 Å². The predicted octanol–water partition coefficient (Wildman–Crippen LogP) is 4.30. The van der Waals surface area contributed by atoms with Crippen LogP contribution in [0.2, 0.25) is 0 Å². The number of para-hydroxylation sites is 1. The van der Waals surface area contributed by atoms with Crippen molar-refractivity contribution in [2.45, 2.75) is 38.0 Å². The van der Waals surface area contributed by atoms with Gasteiger partial charge in [-0.05, 0) is 61.8 Å². The highest BCUT2D eigenvalue weighted by Gasteiger charge is 2.59. The standard InChI is InChI=1S/C24H25N5O4/c1-32-22(31)18-13-24(18)11-9-15(10-12-24)19-8-7-17(14-25-19)26-20(30)21-28-29-23(33-21)27-16-5-3-2-4-6-16/h2-8,14-15,18H,9-13H2,1H3,(H,26,30)(H,27,29). The Labute approximate surface area is 191 Å². The quantitative estimate of drug-likeness (QED) is 0.537. The van der Waals surface area contributed by atoms with Crippen LogP contribution < -0.4 is 10.6 Å². The maximum Gasteiger partial charge on any atom is 0.320 e. The van der Waals surface area contributed by atoms with E-state index in [0.717, 1.165) is 43.5 Å². The van der Waals surface area contributed by atoms with Gasteiger partial charge in [0.25, 0.3) is 0 Å². The number of amides is 1. The average molecular weight is 447 g/mol. The van der Waals surface area contributed by atoms with Crippen LogP contribution in [-0.2, 0) is 9.53 Å². The Kier molecular flexibility index (Phi) is 5.53. The van der Waals surface area contributed by atoms with Crippen LogP contribution in [0.5, 0.6) is 0 Å². The van der Waals surface area contributed by atoms with Crippen LogP contribution in [0.15, 0.2) is 53.1 Å². The first-order chi connectivity index (χ1) is 16.1. The van der Waals surface area contributed by atoms with Crippen LogP contribution in [0.3, 0.4) is 0 Å². The minimum Gasteiger partial charge on any atom is -0.469 e. The summed E-state index contributed by atoms with van der Waals surface area (Å²) in [4.78, 5) is 28.8. The van der Waals surface area contributed by atoms with Gasteiger partial charge < -0.3 is 19.8 Å². The molecule has 9 nitrogen and oxygen atoms in total. The van der Waals surface area contributed by atoms with Gasteiger partial charge in [0.1, 0.15) is 0 Å². The van der Waals surface area contributed by atoms with Crippen LogP contribution in [0.25, 0.3) is 0 Å². The van der Waals surface area contributed by atoms with Gasteiger partial charge in [-0.2, -0.15) is 0 Å². The number of hydrogen-bond acceptors (Lipinski definition) is 8. The number of hydrogen-bond donors (Lipinski definition) is 2. The summed E-state index contributed by atoms with van der Waals surface area (Å²) in [7, 11) is 1.46. The van der Waals surface area contributed by atoms with Crippen molar-refractivity contribution in [1.82, 2.24) is 15.2 Å². The third-order valence-electron chi connectivity index (χ3n) is 6.76. The molecule has 0 aliphatic heterocycles. The maximum atomic E-state index is 12.5. The highest BCUT2D eigenvalue weighted by Crippen LogP contribution is 2.63. The van der Waals surface area contributed by atoms with Gasteiger partial charge in [0.15, 0.2) is 0 Å². The maximum absolute atomic E-state index is 12.5. The second-order valence-electron chi connectivity index (χ2n) is 8.75. The number of anilines is 3. The molecule has 2 aliphatic rings. The molecule has 0 saturated heterocycles. The molecule has 2 fully saturated rings. The fourth-order valence-electron chi connectivity index (χ4n) is 4.78. The third kappa shape index (κ3) is 4.44. The van der Waals surface area contributed by atoms with Gasteiger partial charge in [-0.1, -0.05) is 23.3 Å². The van der Waals surface area contributed by atoms with Crippen LogP contribution in [0, 0.1) is 11.3 Å². The number of nitrogens with one attached hydrogen (secondary N) is 2. The molecule has 2 N–H and O–H groups in total. The lowest BCUT2D eigenvalue weighted by Gasteiger charge is -2.28. The van der Waals surface area contributed by atoms with E-state index in [0.29, 0.717) is 11.6 Å². The summed E-state index contributed by atoms with van der Waals surface area (Å²) in [6.07, 6.45) is 6.65. The van der Waals surface area contributed by atoms with Gasteiger partial charge in [0, 0.05) is 17.3 Å². The molecule has 1 unspecified atom stereocenters. The number of aromatic nitrogens is 3. The number of carbonyl (C=O) groups is 2. The Balaban J connectivity index is 1.15. The summed E-state index contributed by atoms with van der Waals surface area (Å²) in [5.41, 5.74) is 2.49. The van der Waals surface area contributed by atoms with Gasteiger partial charge in [-0.15, -0.1) is 5.10 Å². The Morgan fingerprint density at radius 1 is 1.06 bits per heavy atom. The molecule has 0 radical (unpaired) electrons. The van der Waals surface area contributed by atoms with E-state index in [4.69, 9.17) is 9.15 Å². The molecular weight excluding hydrogens is 422 g/mol. The summed E-state index contributed by atoms with van der Waals surface area (Å²) < 4.78 is 10.3. The Morgan fingerprint density at radius 2 is 1.85 bits per heavy atom. The molecule has 3 aromatic rings. The fourth-order valence-corrected chi connectivity index (χ4v) is 4.78. The zero-order valence-corrected chi connectivity index (χ0v) is 18.3. The monoisotopic (exact) mass is 447 g/mol.